The molecule has 2 aliphatic rings. The molecule has 0 unspecified atom stereocenters. The Morgan fingerprint density at radius 3 is 2.95 bits per heavy atom. The lowest BCUT2D eigenvalue weighted by molar-refractivity contribution is 0.316. The fourth-order valence-electron chi connectivity index (χ4n) is 1.74. The highest BCUT2D eigenvalue weighted by atomic mass is 16.5. The van der Waals surface area contributed by atoms with Crippen LogP contribution in [-0.4, -0.2) is 19.1 Å². The van der Waals surface area contributed by atoms with Gasteiger partial charge < -0.3 is 15.4 Å². The first kappa shape index (κ1) is 12.9. The van der Waals surface area contributed by atoms with E-state index in [1.807, 2.05) is 6.08 Å². The zero-order chi connectivity index (χ0) is 13.7. The molecule has 2 heterocycles. The van der Waals surface area contributed by atoms with Gasteiger partial charge in [0, 0.05) is 31.2 Å². The lowest BCUT2D eigenvalue weighted by atomic mass is 10.1. The molecule has 0 fully saturated rings. The normalized spacial score (nSPS) is 25.6. The summed E-state index contributed by atoms with van der Waals surface area (Å²) in [4.78, 5) is 8.32. The second kappa shape index (κ2) is 5.86. The van der Waals surface area contributed by atoms with Crippen LogP contribution in [0.2, 0.25) is 0 Å². The van der Waals surface area contributed by atoms with E-state index in [0.717, 1.165) is 11.3 Å². The Morgan fingerprint density at radius 2 is 2.21 bits per heavy atom. The maximum Gasteiger partial charge on any atom is 0.213 e. The number of amidine groups is 1. The molecule has 0 atom stereocenters. The smallest absolute Gasteiger partial charge is 0.213 e. The van der Waals surface area contributed by atoms with E-state index in [1.165, 1.54) is 0 Å². The molecule has 2 aliphatic heterocycles. The van der Waals surface area contributed by atoms with Gasteiger partial charge in [0.15, 0.2) is 5.84 Å². The molecule has 0 saturated heterocycles. The minimum atomic E-state index is 0.296. The van der Waals surface area contributed by atoms with E-state index >= 15 is 0 Å². The van der Waals surface area contributed by atoms with Crippen molar-refractivity contribution in [3.8, 4) is 0 Å². The predicted molar refractivity (Wildman–Crippen MR) is 77.4 cm³/mol. The molecule has 2 rings (SSSR count). The number of nitrogens with one attached hydrogen (secondary N) is 2. The Morgan fingerprint density at radius 1 is 1.42 bits per heavy atom. The van der Waals surface area contributed by atoms with E-state index in [0.29, 0.717) is 23.9 Å². The zero-order valence-electron chi connectivity index (χ0n) is 10.8. The quantitative estimate of drug-likeness (QED) is 0.743. The molecule has 0 aromatic heterocycles. The summed E-state index contributed by atoms with van der Waals surface area (Å²) in [5.41, 5.74) is 1.79. The van der Waals surface area contributed by atoms with Crippen molar-refractivity contribution in [2.75, 3.05) is 7.05 Å². The number of hydrogen-bond acceptors (Lipinski definition) is 5. The van der Waals surface area contributed by atoms with E-state index in [-0.39, 0.29) is 0 Å². The molecule has 0 saturated carbocycles. The van der Waals surface area contributed by atoms with Gasteiger partial charge in [0.1, 0.15) is 5.76 Å². The summed E-state index contributed by atoms with van der Waals surface area (Å²) in [6.07, 6.45) is 9.61. The van der Waals surface area contributed by atoms with Crippen molar-refractivity contribution in [3.05, 3.63) is 60.6 Å². The number of nitrogens with zero attached hydrogens (tertiary/aromatic N) is 2. The third-order valence-corrected chi connectivity index (χ3v) is 2.57. The molecule has 0 spiro atoms. The van der Waals surface area contributed by atoms with Crippen molar-refractivity contribution < 1.29 is 4.74 Å². The van der Waals surface area contributed by atoms with Crippen molar-refractivity contribution in [3.63, 3.8) is 0 Å². The molecular formula is C14H16N4O. The number of rotatable bonds is 2. The summed E-state index contributed by atoms with van der Waals surface area (Å²) in [6, 6.07) is 0. The van der Waals surface area contributed by atoms with Crippen LogP contribution in [0, 0.1) is 0 Å². The average Bonchev–Trinajstić information content (AvgIpc) is 2.48. The number of aliphatic imine (C=N–C) groups is 2. The lowest BCUT2D eigenvalue weighted by Crippen LogP contribution is -2.31. The van der Waals surface area contributed by atoms with E-state index in [2.05, 4.69) is 33.8 Å². The highest BCUT2D eigenvalue weighted by Gasteiger charge is 2.13. The third kappa shape index (κ3) is 3.01. The van der Waals surface area contributed by atoms with Crippen molar-refractivity contribution in [1.82, 2.24) is 10.6 Å². The fourth-order valence-corrected chi connectivity index (χ4v) is 1.74. The Kier molecular flexibility index (Phi) is 3.97. The van der Waals surface area contributed by atoms with Gasteiger partial charge in [0.2, 0.25) is 5.88 Å². The monoisotopic (exact) mass is 256 g/mol. The summed E-state index contributed by atoms with van der Waals surface area (Å²) < 4.78 is 5.60. The SMILES string of the molecule is C=C/C1=C(\C=NC)C/C=C2/NC=CNC2=NC(=C)O1. The summed E-state index contributed by atoms with van der Waals surface area (Å²) in [5.74, 6) is 1.58. The first-order chi connectivity index (χ1) is 9.24. The molecule has 5 heteroatoms. The Balaban J connectivity index is 2.44. The van der Waals surface area contributed by atoms with Gasteiger partial charge in [-0.05, 0) is 19.1 Å². The number of ether oxygens (including phenoxy) is 1. The molecular weight excluding hydrogens is 240 g/mol. The topological polar surface area (TPSA) is 58.0 Å². The summed E-state index contributed by atoms with van der Waals surface area (Å²) in [6.45, 7) is 7.53. The highest BCUT2D eigenvalue weighted by molar-refractivity contribution is 6.00. The van der Waals surface area contributed by atoms with Gasteiger partial charge in [-0.2, -0.15) is 4.99 Å². The van der Waals surface area contributed by atoms with E-state index < -0.39 is 0 Å². The molecule has 0 radical (unpaired) electrons. The van der Waals surface area contributed by atoms with Crippen LogP contribution in [0.3, 0.4) is 0 Å². The van der Waals surface area contributed by atoms with Crippen LogP contribution in [0.15, 0.2) is 70.6 Å². The van der Waals surface area contributed by atoms with Crippen LogP contribution in [0.4, 0.5) is 0 Å². The van der Waals surface area contributed by atoms with E-state index in [1.54, 1.807) is 31.7 Å². The van der Waals surface area contributed by atoms with Crippen LogP contribution in [0.1, 0.15) is 6.42 Å². The minimum absolute atomic E-state index is 0.296. The van der Waals surface area contributed by atoms with Gasteiger partial charge in [-0.25, -0.2) is 0 Å². The van der Waals surface area contributed by atoms with Crippen molar-refractivity contribution in [2.24, 2.45) is 9.98 Å². The first-order valence-electron chi connectivity index (χ1n) is 5.86. The summed E-state index contributed by atoms with van der Waals surface area (Å²) >= 11 is 0. The molecule has 0 aromatic rings. The Labute approximate surface area is 112 Å². The third-order valence-electron chi connectivity index (χ3n) is 2.57. The van der Waals surface area contributed by atoms with Crippen LogP contribution in [0.25, 0.3) is 0 Å². The molecule has 0 bridgehead atoms. The van der Waals surface area contributed by atoms with Crippen LogP contribution in [-0.2, 0) is 4.74 Å². The predicted octanol–water partition coefficient (Wildman–Crippen LogP) is 1.96. The van der Waals surface area contributed by atoms with E-state index in [4.69, 9.17) is 4.74 Å². The van der Waals surface area contributed by atoms with Crippen molar-refractivity contribution in [2.45, 2.75) is 6.42 Å². The van der Waals surface area contributed by atoms with Crippen molar-refractivity contribution in [1.29, 1.82) is 0 Å². The van der Waals surface area contributed by atoms with Gasteiger partial charge >= 0.3 is 0 Å². The minimum Gasteiger partial charge on any atom is -0.439 e. The van der Waals surface area contributed by atoms with E-state index in [9.17, 15) is 0 Å². The van der Waals surface area contributed by atoms with Gasteiger partial charge in [-0.15, -0.1) is 0 Å². The molecule has 0 amide bonds. The summed E-state index contributed by atoms with van der Waals surface area (Å²) in [7, 11) is 1.72. The highest BCUT2D eigenvalue weighted by Crippen LogP contribution is 2.18. The second-order valence-electron chi connectivity index (χ2n) is 3.88. The number of allylic oxidation sites excluding steroid dienone is 3. The number of fused-ring (bicyclic) bond motifs is 1. The van der Waals surface area contributed by atoms with Gasteiger partial charge in [0.25, 0.3) is 0 Å². The van der Waals surface area contributed by atoms with Crippen LogP contribution in [0.5, 0.6) is 0 Å². The van der Waals surface area contributed by atoms with Gasteiger partial charge in [0.05, 0.1) is 5.70 Å². The van der Waals surface area contributed by atoms with Crippen LogP contribution < -0.4 is 10.6 Å². The van der Waals surface area contributed by atoms with Gasteiger partial charge in [-0.1, -0.05) is 12.7 Å². The molecule has 2 N–H and O–H groups in total. The zero-order valence-corrected chi connectivity index (χ0v) is 10.8. The summed E-state index contributed by atoms with van der Waals surface area (Å²) in [5, 5.41) is 6.18. The Hall–Kier alpha value is -2.56. The molecule has 5 nitrogen and oxygen atoms in total. The molecule has 0 aromatic carbocycles. The maximum absolute atomic E-state index is 5.60. The van der Waals surface area contributed by atoms with Crippen molar-refractivity contribution >= 4 is 12.1 Å². The Bertz CT molecular complexity index is 550. The molecule has 98 valence electrons. The van der Waals surface area contributed by atoms with Crippen LogP contribution >= 0.6 is 0 Å². The largest absolute Gasteiger partial charge is 0.439 e. The molecule has 0 aliphatic carbocycles. The maximum atomic E-state index is 5.60. The second-order valence-corrected chi connectivity index (χ2v) is 3.88. The lowest BCUT2D eigenvalue weighted by Gasteiger charge is -2.15. The first-order valence-corrected chi connectivity index (χ1v) is 5.86. The molecule has 19 heavy (non-hydrogen) atoms. The van der Waals surface area contributed by atoms with Gasteiger partial charge in [-0.3, -0.25) is 4.99 Å². The fraction of sp³-hybridized carbons (Fsp3) is 0.143. The standard InChI is InChI=1S/C14H16N4O/c1-4-13-11(9-15-3)5-6-12-14(17-8-7-16-12)18-10(2)19-13/h4,6-9,16H,1-2,5H2,3H3,(H,17,18)/b12-6+,13-11+,15-9?. The number of hydrogen-bond donors (Lipinski definition) is 2. The average molecular weight is 256 g/mol.